The first-order valence-electron chi connectivity index (χ1n) is 12.5. The molecule has 216 valence electrons. The zero-order valence-electron chi connectivity index (χ0n) is 21.6. The monoisotopic (exact) mass is 571 g/mol. The lowest BCUT2D eigenvalue weighted by atomic mass is 9.80. The Morgan fingerprint density at radius 2 is 1.73 bits per heavy atom. The lowest BCUT2D eigenvalue weighted by Gasteiger charge is -2.39. The Hall–Kier alpha value is -3.45. The Kier molecular flexibility index (Phi) is 8.83. The summed E-state index contributed by atoms with van der Waals surface area (Å²) < 4.78 is 98.6. The summed E-state index contributed by atoms with van der Waals surface area (Å²) in [5.41, 5.74) is -2.18. The SMILES string of the molecule is COC(=O)c1cn(CC[C@@H]2CCO[C@H](OC(C)c3cc(C(F)(F)F)cc(C(F)(F)F)c3)[C@H]2c2ccccc2)nn1. The third-order valence-corrected chi connectivity index (χ3v) is 6.84. The van der Waals surface area contributed by atoms with Crippen molar-refractivity contribution < 1.29 is 45.3 Å². The summed E-state index contributed by atoms with van der Waals surface area (Å²) in [7, 11) is 1.23. The van der Waals surface area contributed by atoms with Gasteiger partial charge in [0.05, 0.1) is 37.1 Å². The van der Waals surface area contributed by atoms with Crippen LogP contribution < -0.4 is 0 Å². The van der Waals surface area contributed by atoms with Gasteiger partial charge in [0.15, 0.2) is 12.0 Å². The van der Waals surface area contributed by atoms with E-state index in [9.17, 15) is 31.1 Å². The highest BCUT2D eigenvalue weighted by Gasteiger charge is 2.40. The van der Waals surface area contributed by atoms with Crippen LogP contribution in [0.1, 0.15) is 64.5 Å². The Morgan fingerprint density at radius 1 is 1.07 bits per heavy atom. The summed E-state index contributed by atoms with van der Waals surface area (Å²) in [6.07, 6.45) is -9.38. The molecule has 40 heavy (non-hydrogen) atoms. The highest BCUT2D eigenvalue weighted by atomic mass is 19.4. The average molecular weight is 572 g/mol. The summed E-state index contributed by atoms with van der Waals surface area (Å²) in [4.78, 5) is 11.7. The summed E-state index contributed by atoms with van der Waals surface area (Å²) in [5.74, 6) is -1.05. The fourth-order valence-electron chi connectivity index (χ4n) is 4.79. The second-order valence-corrected chi connectivity index (χ2v) is 9.49. The second kappa shape index (κ2) is 12.0. The first-order chi connectivity index (χ1) is 18.9. The van der Waals surface area contributed by atoms with Crippen molar-refractivity contribution in [3.63, 3.8) is 0 Å². The highest BCUT2D eigenvalue weighted by molar-refractivity contribution is 5.86. The standard InChI is InChI=1S/C27H27F6N3O4/c1-16(19-12-20(26(28,29)30)14-21(13-19)27(31,32)33)40-25-23(17-6-4-3-5-7-17)18(9-11-39-25)8-10-36-15-22(34-35-36)24(37)38-2/h3-7,12-16,18,23,25H,8-11H2,1-2H3/t16?,18-,23+,25-/m1/s1. The molecule has 2 aromatic carbocycles. The van der Waals surface area contributed by atoms with Crippen molar-refractivity contribution in [1.82, 2.24) is 15.0 Å². The van der Waals surface area contributed by atoms with Gasteiger partial charge < -0.3 is 14.2 Å². The van der Waals surface area contributed by atoms with Gasteiger partial charge in [0.25, 0.3) is 0 Å². The number of rotatable bonds is 8. The molecular formula is C27H27F6N3O4. The number of aryl methyl sites for hydroxylation is 1. The third-order valence-electron chi connectivity index (χ3n) is 6.84. The summed E-state index contributed by atoms with van der Waals surface area (Å²) >= 11 is 0. The first kappa shape index (κ1) is 29.5. The first-order valence-corrected chi connectivity index (χ1v) is 12.5. The van der Waals surface area contributed by atoms with Crippen LogP contribution in [0.5, 0.6) is 0 Å². The minimum atomic E-state index is -4.97. The molecule has 4 rings (SSSR count). The van der Waals surface area contributed by atoms with Crippen molar-refractivity contribution in [3.8, 4) is 0 Å². The molecule has 0 bridgehead atoms. The Morgan fingerprint density at radius 3 is 2.33 bits per heavy atom. The molecule has 0 amide bonds. The van der Waals surface area contributed by atoms with Crippen molar-refractivity contribution in [2.24, 2.45) is 5.92 Å². The van der Waals surface area contributed by atoms with E-state index in [1.807, 2.05) is 30.3 Å². The van der Waals surface area contributed by atoms with E-state index in [-0.39, 0.29) is 35.8 Å². The zero-order chi connectivity index (χ0) is 29.1. The highest BCUT2D eigenvalue weighted by Crippen LogP contribution is 2.42. The van der Waals surface area contributed by atoms with Gasteiger partial charge in [-0.3, -0.25) is 4.68 Å². The molecule has 1 saturated heterocycles. The summed E-state index contributed by atoms with van der Waals surface area (Å²) in [6, 6.07) is 10.6. The van der Waals surface area contributed by atoms with Crippen LogP contribution in [-0.2, 0) is 33.1 Å². The van der Waals surface area contributed by atoms with Gasteiger partial charge in [0, 0.05) is 12.5 Å². The molecule has 0 spiro atoms. The molecule has 0 N–H and O–H groups in total. The summed E-state index contributed by atoms with van der Waals surface area (Å²) in [6.45, 7) is 2.06. The van der Waals surface area contributed by atoms with E-state index in [2.05, 4.69) is 15.0 Å². The van der Waals surface area contributed by atoms with Gasteiger partial charge in [0.1, 0.15) is 0 Å². The third kappa shape index (κ3) is 7.00. The van der Waals surface area contributed by atoms with E-state index in [4.69, 9.17) is 9.47 Å². The molecule has 1 unspecified atom stereocenters. The van der Waals surface area contributed by atoms with Gasteiger partial charge in [-0.1, -0.05) is 35.5 Å². The molecule has 7 nitrogen and oxygen atoms in total. The van der Waals surface area contributed by atoms with Crippen LogP contribution in [0.15, 0.2) is 54.7 Å². The van der Waals surface area contributed by atoms with E-state index in [1.54, 1.807) is 0 Å². The van der Waals surface area contributed by atoms with Crippen molar-refractivity contribution in [1.29, 1.82) is 0 Å². The molecule has 1 aliphatic rings. The van der Waals surface area contributed by atoms with Crippen LogP contribution in [0, 0.1) is 5.92 Å². The lowest BCUT2D eigenvalue weighted by Crippen LogP contribution is -2.37. The average Bonchev–Trinajstić information content (AvgIpc) is 3.40. The zero-order valence-corrected chi connectivity index (χ0v) is 21.6. The van der Waals surface area contributed by atoms with E-state index in [0.717, 1.165) is 5.56 Å². The van der Waals surface area contributed by atoms with Crippen LogP contribution in [0.3, 0.4) is 0 Å². The molecule has 1 aliphatic heterocycles. The van der Waals surface area contributed by atoms with Crippen LogP contribution in [0.2, 0.25) is 0 Å². The number of benzene rings is 2. The lowest BCUT2D eigenvalue weighted by molar-refractivity contribution is -0.210. The fourth-order valence-corrected chi connectivity index (χ4v) is 4.79. The molecule has 1 aromatic heterocycles. The normalized spacial score (nSPS) is 20.8. The number of hydrogen-bond acceptors (Lipinski definition) is 6. The molecule has 2 heterocycles. The van der Waals surface area contributed by atoms with Crippen LogP contribution in [0.4, 0.5) is 26.3 Å². The van der Waals surface area contributed by atoms with E-state index >= 15 is 0 Å². The maximum Gasteiger partial charge on any atom is 0.416 e. The molecule has 0 aliphatic carbocycles. The molecule has 0 radical (unpaired) electrons. The Labute approximate surface area is 226 Å². The van der Waals surface area contributed by atoms with Gasteiger partial charge in [-0.2, -0.15) is 26.3 Å². The van der Waals surface area contributed by atoms with Crippen LogP contribution in [0.25, 0.3) is 0 Å². The molecular weight excluding hydrogens is 544 g/mol. The van der Waals surface area contributed by atoms with Crippen molar-refractivity contribution in [2.45, 2.75) is 57.0 Å². The fraction of sp³-hybridized carbons (Fsp3) is 0.444. The summed E-state index contributed by atoms with van der Waals surface area (Å²) in [5, 5.41) is 7.74. The number of hydrogen-bond donors (Lipinski definition) is 0. The number of esters is 1. The Bertz CT molecular complexity index is 1260. The van der Waals surface area contributed by atoms with Crippen molar-refractivity contribution >= 4 is 5.97 Å². The number of ether oxygens (including phenoxy) is 3. The molecule has 3 aromatic rings. The van der Waals surface area contributed by atoms with E-state index in [1.165, 1.54) is 24.9 Å². The quantitative estimate of drug-likeness (QED) is 0.230. The molecule has 4 atom stereocenters. The molecule has 0 saturated carbocycles. The minimum Gasteiger partial charge on any atom is -0.464 e. The van der Waals surface area contributed by atoms with Gasteiger partial charge >= 0.3 is 18.3 Å². The molecule has 1 fully saturated rings. The minimum absolute atomic E-state index is 0.0497. The van der Waals surface area contributed by atoms with Crippen molar-refractivity contribution in [2.75, 3.05) is 13.7 Å². The topological polar surface area (TPSA) is 75.5 Å². The smallest absolute Gasteiger partial charge is 0.416 e. The second-order valence-electron chi connectivity index (χ2n) is 9.49. The van der Waals surface area contributed by atoms with E-state index < -0.39 is 41.8 Å². The predicted molar refractivity (Wildman–Crippen MR) is 129 cm³/mol. The number of halogens is 6. The van der Waals surface area contributed by atoms with Gasteiger partial charge in [-0.05, 0) is 55.0 Å². The molecule has 13 heteroatoms. The van der Waals surface area contributed by atoms with E-state index in [0.29, 0.717) is 31.5 Å². The number of carbonyl (C=O) groups excluding carboxylic acids is 1. The van der Waals surface area contributed by atoms with Crippen LogP contribution in [-0.4, -0.2) is 41.0 Å². The largest absolute Gasteiger partial charge is 0.464 e. The predicted octanol–water partition coefficient (Wildman–Crippen LogP) is 6.42. The number of carbonyl (C=O) groups is 1. The van der Waals surface area contributed by atoms with Gasteiger partial charge in [-0.25, -0.2) is 4.79 Å². The number of nitrogens with zero attached hydrogens (tertiary/aromatic N) is 3. The maximum absolute atomic E-state index is 13.4. The van der Waals surface area contributed by atoms with Crippen molar-refractivity contribution in [3.05, 3.63) is 82.7 Å². The van der Waals surface area contributed by atoms with Crippen LogP contribution >= 0.6 is 0 Å². The number of alkyl halides is 6. The van der Waals surface area contributed by atoms with Gasteiger partial charge in [-0.15, -0.1) is 5.10 Å². The number of methoxy groups -OCH3 is 1. The Balaban J connectivity index is 1.58. The number of aromatic nitrogens is 3. The van der Waals surface area contributed by atoms with Gasteiger partial charge in [0.2, 0.25) is 0 Å². The maximum atomic E-state index is 13.4.